The van der Waals surface area contributed by atoms with Crippen molar-refractivity contribution in [2.75, 3.05) is 6.61 Å². The molecule has 1 aliphatic rings. The van der Waals surface area contributed by atoms with Gasteiger partial charge < -0.3 is 4.74 Å². The summed E-state index contributed by atoms with van der Waals surface area (Å²) in [5, 5.41) is 0. The van der Waals surface area contributed by atoms with Crippen LogP contribution in [0.1, 0.15) is 64.2 Å². The van der Waals surface area contributed by atoms with Crippen molar-refractivity contribution in [3.05, 3.63) is 24.3 Å². The molecule has 18 heavy (non-hydrogen) atoms. The van der Waals surface area contributed by atoms with Gasteiger partial charge in [-0.15, -0.1) is 0 Å². The summed E-state index contributed by atoms with van der Waals surface area (Å²) in [6.07, 6.45) is 19.7. The molecule has 102 valence electrons. The van der Waals surface area contributed by atoms with Crippen LogP contribution in [-0.2, 0) is 9.53 Å². The number of carbonyl (C=O) groups excluding carboxylic acids is 1. The first-order valence-electron chi connectivity index (χ1n) is 7.35. The van der Waals surface area contributed by atoms with Crippen LogP contribution < -0.4 is 0 Å². The fourth-order valence-electron chi connectivity index (χ4n) is 2.02. The Morgan fingerprint density at radius 1 is 0.722 bits per heavy atom. The highest BCUT2D eigenvalue weighted by Crippen LogP contribution is 2.07. The fourth-order valence-corrected chi connectivity index (χ4v) is 2.02. The van der Waals surface area contributed by atoms with Crippen LogP contribution in [0, 0.1) is 0 Å². The summed E-state index contributed by atoms with van der Waals surface area (Å²) < 4.78 is 5.16. The first kappa shape index (κ1) is 15.0. The van der Waals surface area contributed by atoms with Crippen molar-refractivity contribution in [2.24, 2.45) is 0 Å². The van der Waals surface area contributed by atoms with E-state index in [1.807, 2.05) is 6.08 Å². The van der Waals surface area contributed by atoms with Crippen molar-refractivity contribution in [1.29, 1.82) is 0 Å². The smallest absolute Gasteiger partial charge is 0.309 e. The Morgan fingerprint density at radius 2 is 1.28 bits per heavy atom. The van der Waals surface area contributed by atoms with E-state index in [4.69, 9.17) is 4.74 Å². The normalized spacial score (nSPS) is 24.8. The molecule has 0 bridgehead atoms. The van der Waals surface area contributed by atoms with Gasteiger partial charge in [-0.3, -0.25) is 4.79 Å². The third-order valence-electron chi connectivity index (χ3n) is 3.14. The number of hydrogen-bond donors (Lipinski definition) is 0. The molecule has 0 aromatic heterocycles. The number of allylic oxidation sites excluding steroid dienone is 3. The highest BCUT2D eigenvalue weighted by Gasteiger charge is 1.99. The lowest BCUT2D eigenvalue weighted by atomic mass is 10.1. The number of esters is 1. The van der Waals surface area contributed by atoms with Crippen LogP contribution in [0.15, 0.2) is 24.3 Å². The molecule has 1 aliphatic heterocycles. The zero-order valence-corrected chi connectivity index (χ0v) is 11.4. The van der Waals surface area contributed by atoms with E-state index in [2.05, 4.69) is 18.2 Å². The van der Waals surface area contributed by atoms with Crippen LogP contribution in [0.5, 0.6) is 0 Å². The maximum absolute atomic E-state index is 11.3. The number of ether oxygens (including phenoxy) is 1. The maximum Gasteiger partial charge on any atom is 0.309 e. The summed E-state index contributed by atoms with van der Waals surface area (Å²) in [4.78, 5) is 11.3. The van der Waals surface area contributed by atoms with Gasteiger partial charge in [0, 0.05) is 0 Å². The predicted molar refractivity (Wildman–Crippen MR) is 75.4 cm³/mol. The second kappa shape index (κ2) is 11.1. The van der Waals surface area contributed by atoms with E-state index < -0.39 is 0 Å². The fraction of sp³-hybridized carbons (Fsp3) is 0.688. The van der Waals surface area contributed by atoms with Crippen LogP contribution in [0.4, 0.5) is 0 Å². The average Bonchev–Trinajstić information content (AvgIpc) is 2.37. The Hall–Kier alpha value is -1.05. The number of rotatable bonds is 0. The van der Waals surface area contributed by atoms with Crippen LogP contribution in [0.25, 0.3) is 0 Å². The molecule has 0 aliphatic carbocycles. The molecule has 0 atom stereocenters. The van der Waals surface area contributed by atoms with Gasteiger partial charge in [-0.05, 0) is 51.4 Å². The highest BCUT2D eigenvalue weighted by molar-refractivity contribution is 5.71. The monoisotopic (exact) mass is 250 g/mol. The van der Waals surface area contributed by atoms with Gasteiger partial charge in [0.1, 0.15) is 0 Å². The SMILES string of the molecule is O=C1C/C=C\CCCCC/C=C\CCCCCO1. The summed E-state index contributed by atoms with van der Waals surface area (Å²) in [5.41, 5.74) is 0. The van der Waals surface area contributed by atoms with E-state index in [0.717, 1.165) is 25.7 Å². The maximum atomic E-state index is 11.3. The molecule has 1 heterocycles. The second-order valence-corrected chi connectivity index (χ2v) is 4.85. The van der Waals surface area contributed by atoms with Gasteiger partial charge in [-0.25, -0.2) is 0 Å². The van der Waals surface area contributed by atoms with Crippen molar-refractivity contribution in [2.45, 2.75) is 64.2 Å². The van der Waals surface area contributed by atoms with Crippen LogP contribution >= 0.6 is 0 Å². The molecule has 0 fully saturated rings. The van der Waals surface area contributed by atoms with Gasteiger partial charge in [0.25, 0.3) is 0 Å². The molecular formula is C16H26O2. The summed E-state index contributed by atoms with van der Waals surface area (Å²) in [6, 6.07) is 0. The second-order valence-electron chi connectivity index (χ2n) is 4.85. The molecule has 0 saturated carbocycles. The Balaban J connectivity index is 2.24. The lowest BCUT2D eigenvalue weighted by Gasteiger charge is -2.02. The molecule has 0 N–H and O–H groups in total. The molecule has 0 spiro atoms. The zero-order chi connectivity index (χ0) is 12.9. The molecular weight excluding hydrogens is 224 g/mol. The Kier molecular flexibility index (Phi) is 9.23. The Bertz CT molecular complexity index is 266. The molecule has 1 rings (SSSR count). The van der Waals surface area contributed by atoms with E-state index in [0.29, 0.717) is 13.0 Å². The molecule has 0 saturated heterocycles. The van der Waals surface area contributed by atoms with E-state index >= 15 is 0 Å². The van der Waals surface area contributed by atoms with Crippen molar-refractivity contribution in [3.63, 3.8) is 0 Å². The molecule has 0 aromatic rings. The van der Waals surface area contributed by atoms with Gasteiger partial charge >= 0.3 is 5.97 Å². The number of cyclic esters (lactones) is 1. The quantitative estimate of drug-likeness (QED) is 0.465. The lowest BCUT2D eigenvalue weighted by molar-refractivity contribution is -0.142. The summed E-state index contributed by atoms with van der Waals surface area (Å²) in [7, 11) is 0. The van der Waals surface area contributed by atoms with Gasteiger partial charge in [0.05, 0.1) is 13.0 Å². The van der Waals surface area contributed by atoms with E-state index in [1.54, 1.807) is 0 Å². The average molecular weight is 250 g/mol. The van der Waals surface area contributed by atoms with Crippen LogP contribution in [0.3, 0.4) is 0 Å². The molecule has 0 unspecified atom stereocenters. The summed E-state index contributed by atoms with van der Waals surface area (Å²) >= 11 is 0. The van der Waals surface area contributed by atoms with Gasteiger partial charge in [0.15, 0.2) is 0 Å². The summed E-state index contributed by atoms with van der Waals surface area (Å²) in [5.74, 6) is -0.0875. The molecule has 0 amide bonds. The standard InChI is InChI=1S/C16H26O2/c17-16-14-12-10-8-6-4-2-1-3-5-7-9-11-13-15-18-16/h3,5,10,12H,1-2,4,6-9,11,13-15H2/b5-3-,12-10-. The van der Waals surface area contributed by atoms with Crippen molar-refractivity contribution < 1.29 is 9.53 Å². The minimum absolute atomic E-state index is 0.0875. The Labute approximate surface area is 111 Å². The molecule has 0 aromatic carbocycles. The summed E-state index contributed by atoms with van der Waals surface area (Å²) in [6.45, 7) is 0.580. The van der Waals surface area contributed by atoms with E-state index in [-0.39, 0.29) is 5.97 Å². The zero-order valence-electron chi connectivity index (χ0n) is 11.4. The first-order valence-corrected chi connectivity index (χ1v) is 7.35. The third kappa shape index (κ3) is 9.03. The van der Waals surface area contributed by atoms with Gasteiger partial charge in [-0.2, -0.15) is 0 Å². The molecule has 2 nitrogen and oxygen atoms in total. The van der Waals surface area contributed by atoms with Crippen LogP contribution in [0.2, 0.25) is 0 Å². The Morgan fingerprint density at radius 3 is 1.94 bits per heavy atom. The topological polar surface area (TPSA) is 26.3 Å². The van der Waals surface area contributed by atoms with Crippen molar-refractivity contribution in [3.8, 4) is 0 Å². The van der Waals surface area contributed by atoms with Crippen molar-refractivity contribution in [1.82, 2.24) is 0 Å². The molecule has 2 heteroatoms. The molecule has 0 radical (unpaired) electrons. The predicted octanol–water partition coefficient (Wildman–Crippen LogP) is 4.56. The van der Waals surface area contributed by atoms with E-state index in [9.17, 15) is 4.79 Å². The van der Waals surface area contributed by atoms with E-state index in [1.165, 1.54) is 32.1 Å². The third-order valence-corrected chi connectivity index (χ3v) is 3.14. The first-order chi connectivity index (χ1) is 8.89. The largest absolute Gasteiger partial charge is 0.465 e. The number of hydrogen-bond acceptors (Lipinski definition) is 2. The lowest BCUT2D eigenvalue weighted by Crippen LogP contribution is -2.04. The van der Waals surface area contributed by atoms with Crippen molar-refractivity contribution >= 4 is 5.97 Å². The number of carbonyl (C=O) groups is 1. The van der Waals surface area contributed by atoms with Crippen LogP contribution in [-0.4, -0.2) is 12.6 Å². The van der Waals surface area contributed by atoms with Gasteiger partial charge in [-0.1, -0.05) is 30.7 Å². The van der Waals surface area contributed by atoms with Gasteiger partial charge in [0.2, 0.25) is 0 Å². The minimum atomic E-state index is -0.0875. The minimum Gasteiger partial charge on any atom is -0.465 e. The highest BCUT2D eigenvalue weighted by atomic mass is 16.5.